The summed E-state index contributed by atoms with van der Waals surface area (Å²) in [5.41, 5.74) is 0. The van der Waals surface area contributed by atoms with Crippen molar-refractivity contribution in [2.24, 2.45) is 0 Å². The Morgan fingerprint density at radius 2 is 1.72 bits per heavy atom. The van der Waals surface area contributed by atoms with Crippen molar-refractivity contribution in [3.05, 3.63) is 0 Å². The topological polar surface area (TPSA) is 76.1 Å². The second-order valence-corrected chi connectivity index (χ2v) is 4.26. The number of esters is 2. The van der Waals surface area contributed by atoms with E-state index >= 15 is 0 Å². The number of ether oxygens (including phenoxy) is 2. The zero-order chi connectivity index (χ0) is 13.6. The molecule has 1 aliphatic heterocycles. The van der Waals surface area contributed by atoms with Crippen LogP contribution in [-0.4, -0.2) is 47.6 Å². The van der Waals surface area contributed by atoms with Gasteiger partial charge in [-0.15, -0.1) is 0 Å². The van der Waals surface area contributed by atoms with Crippen molar-refractivity contribution in [2.75, 3.05) is 19.7 Å². The lowest BCUT2D eigenvalue weighted by molar-refractivity contribution is -0.294. The number of carbonyl (C=O) groups is 2. The van der Waals surface area contributed by atoms with E-state index in [1.54, 1.807) is 4.90 Å². The Labute approximate surface area is 107 Å². The summed E-state index contributed by atoms with van der Waals surface area (Å²) in [5, 5.41) is 10.3. The maximum Gasteiger partial charge on any atom is 0.309 e. The van der Waals surface area contributed by atoms with Crippen LogP contribution < -0.4 is 0 Å². The fraction of sp³-hybridized carbons (Fsp3) is 0.833. The molecule has 0 radical (unpaired) electrons. The van der Waals surface area contributed by atoms with E-state index in [-0.39, 0.29) is 25.4 Å². The first-order valence-electron chi connectivity index (χ1n) is 6.36. The van der Waals surface area contributed by atoms with Crippen molar-refractivity contribution in [1.82, 2.24) is 4.90 Å². The van der Waals surface area contributed by atoms with Gasteiger partial charge in [-0.2, -0.15) is 0 Å². The molecular formula is C12H21NO5. The molecule has 6 nitrogen and oxygen atoms in total. The maximum absolute atomic E-state index is 11.6. The van der Waals surface area contributed by atoms with Gasteiger partial charge in [0.2, 0.25) is 0 Å². The molecule has 0 aliphatic carbocycles. The number of hydrogen-bond acceptors (Lipinski definition) is 6. The van der Waals surface area contributed by atoms with Crippen molar-refractivity contribution < 1.29 is 24.2 Å². The van der Waals surface area contributed by atoms with E-state index in [4.69, 9.17) is 9.47 Å². The Hall–Kier alpha value is -1.14. The molecule has 18 heavy (non-hydrogen) atoms. The summed E-state index contributed by atoms with van der Waals surface area (Å²) in [4.78, 5) is 24.5. The van der Waals surface area contributed by atoms with Gasteiger partial charge in [-0.3, -0.25) is 9.59 Å². The van der Waals surface area contributed by atoms with E-state index in [1.165, 1.54) is 0 Å². The van der Waals surface area contributed by atoms with Gasteiger partial charge >= 0.3 is 17.8 Å². The third kappa shape index (κ3) is 3.96. The highest BCUT2D eigenvalue weighted by atomic mass is 16.7. The van der Waals surface area contributed by atoms with Gasteiger partial charge < -0.3 is 14.6 Å². The average molecular weight is 259 g/mol. The Morgan fingerprint density at radius 1 is 1.17 bits per heavy atom. The van der Waals surface area contributed by atoms with E-state index in [0.717, 1.165) is 0 Å². The molecule has 0 spiro atoms. The van der Waals surface area contributed by atoms with Gasteiger partial charge in [-0.25, -0.2) is 4.90 Å². The van der Waals surface area contributed by atoms with Crippen LogP contribution in [0.4, 0.5) is 0 Å². The summed E-state index contributed by atoms with van der Waals surface area (Å²) in [5.74, 6) is -2.70. The van der Waals surface area contributed by atoms with Crippen LogP contribution in [0.25, 0.3) is 0 Å². The minimum atomic E-state index is -1.85. The Bertz CT molecular complexity index is 303. The number of cyclic esters (lactones) is 2. The fourth-order valence-corrected chi connectivity index (χ4v) is 1.92. The highest BCUT2D eigenvalue weighted by Gasteiger charge is 2.39. The predicted molar refractivity (Wildman–Crippen MR) is 63.4 cm³/mol. The number of nitrogens with zero attached hydrogens (tertiary/aromatic N) is 1. The Morgan fingerprint density at radius 3 is 2.28 bits per heavy atom. The van der Waals surface area contributed by atoms with Crippen LogP contribution >= 0.6 is 0 Å². The minimum absolute atomic E-state index is 0.205. The van der Waals surface area contributed by atoms with Crippen LogP contribution in [0, 0.1) is 0 Å². The highest BCUT2D eigenvalue weighted by molar-refractivity contribution is 5.71. The summed E-state index contributed by atoms with van der Waals surface area (Å²) >= 11 is 0. The van der Waals surface area contributed by atoms with Gasteiger partial charge in [0, 0.05) is 25.9 Å². The third-order valence-corrected chi connectivity index (χ3v) is 2.97. The van der Waals surface area contributed by atoms with Crippen molar-refractivity contribution in [2.45, 2.75) is 45.4 Å². The molecule has 1 aliphatic rings. The van der Waals surface area contributed by atoms with Gasteiger partial charge in [0.05, 0.1) is 0 Å². The van der Waals surface area contributed by atoms with Gasteiger partial charge in [0.1, 0.15) is 0 Å². The third-order valence-electron chi connectivity index (χ3n) is 2.97. The lowest BCUT2D eigenvalue weighted by atomic mass is 10.2. The largest absolute Gasteiger partial charge is 0.457 e. The molecule has 6 heteroatoms. The molecule has 1 heterocycles. The van der Waals surface area contributed by atoms with Gasteiger partial charge in [0.15, 0.2) is 6.61 Å². The summed E-state index contributed by atoms with van der Waals surface area (Å²) in [7, 11) is 0. The van der Waals surface area contributed by atoms with Gasteiger partial charge in [-0.05, 0) is 12.8 Å². The molecule has 1 rings (SSSR count). The molecule has 1 N–H and O–H groups in total. The zero-order valence-electron chi connectivity index (χ0n) is 11.0. The number of carbonyl (C=O) groups excluding carboxylic acids is 2. The fourth-order valence-electron chi connectivity index (χ4n) is 1.92. The van der Waals surface area contributed by atoms with E-state index < -0.39 is 11.9 Å². The molecule has 1 fully saturated rings. The van der Waals surface area contributed by atoms with E-state index in [2.05, 4.69) is 0 Å². The monoisotopic (exact) mass is 259 g/mol. The molecule has 104 valence electrons. The second-order valence-electron chi connectivity index (χ2n) is 4.26. The number of rotatable bonds is 3. The first-order chi connectivity index (χ1) is 8.51. The van der Waals surface area contributed by atoms with Crippen molar-refractivity contribution >= 4 is 11.9 Å². The van der Waals surface area contributed by atoms with Crippen LogP contribution in [0.3, 0.4) is 0 Å². The van der Waals surface area contributed by atoms with Crippen LogP contribution in [-0.2, 0) is 19.1 Å². The zero-order valence-corrected chi connectivity index (χ0v) is 11.0. The summed E-state index contributed by atoms with van der Waals surface area (Å²) < 4.78 is 10.0. The summed E-state index contributed by atoms with van der Waals surface area (Å²) in [6, 6.07) is 0. The molecule has 0 amide bonds. The van der Waals surface area contributed by atoms with Crippen molar-refractivity contribution in [3.63, 3.8) is 0 Å². The quantitative estimate of drug-likeness (QED) is 0.592. The average Bonchev–Trinajstić information content (AvgIpc) is 2.33. The molecule has 1 saturated heterocycles. The van der Waals surface area contributed by atoms with E-state index in [9.17, 15) is 14.7 Å². The van der Waals surface area contributed by atoms with E-state index in [0.29, 0.717) is 25.9 Å². The molecule has 0 aromatic rings. The van der Waals surface area contributed by atoms with Gasteiger partial charge in [0.25, 0.3) is 0 Å². The Balaban J connectivity index is 2.81. The van der Waals surface area contributed by atoms with E-state index in [1.807, 2.05) is 13.8 Å². The number of hydrogen-bond donors (Lipinski definition) is 1. The molecule has 0 bridgehead atoms. The standard InChI is InChI=1S/C12H21NO5/c1-3-13(4-2)12(16)9-17-10(14)7-5-6-8-11(15)18-12/h16H,3-9H2,1-2H3. The lowest BCUT2D eigenvalue weighted by Gasteiger charge is -2.36. The van der Waals surface area contributed by atoms with Crippen molar-refractivity contribution in [1.29, 1.82) is 0 Å². The Kier molecular flexibility index (Phi) is 5.55. The normalized spacial score (nSPS) is 26.7. The van der Waals surface area contributed by atoms with Crippen LogP contribution in [0.5, 0.6) is 0 Å². The minimum Gasteiger partial charge on any atom is -0.457 e. The highest BCUT2D eigenvalue weighted by Crippen LogP contribution is 2.18. The molecular weight excluding hydrogens is 238 g/mol. The lowest BCUT2D eigenvalue weighted by Crippen LogP contribution is -2.55. The first-order valence-corrected chi connectivity index (χ1v) is 6.36. The number of likely N-dealkylation sites (N-methyl/N-ethyl adjacent to an activating group) is 1. The second kappa shape index (κ2) is 6.70. The molecule has 1 atom stereocenters. The first kappa shape index (κ1) is 14.9. The molecule has 0 saturated carbocycles. The summed E-state index contributed by atoms with van der Waals surface area (Å²) in [6.07, 6.45) is 1.62. The smallest absolute Gasteiger partial charge is 0.309 e. The van der Waals surface area contributed by atoms with Crippen LogP contribution in [0.15, 0.2) is 0 Å². The van der Waals surface area contributed by atoms with Crippen molar-refractivity contribution in [3.8, 4) is 0 Å². The van der Waals surface area contributed by atoms with Crippen LogP contribution in [0.2, 0.25) is 0 Å². The molecule has 0 aromatic heterocycles. The maximum atomic E-state index is 11.6. The van der Waals surface area contributed by atoms with Gasteiger partial charge in [-0.1, -0.05) is 13.8 Å². The molecule has 0 aromatic carbocycles. The molecule has 1 unspecified atom stereocenters. The van der Waals surface area contributed by atoms with Crippen LogP contribution in [0.1, 0.15) is 39.5 Å². The number of aliphatic hydroxyl groups is 1. The summed E-state index contributed by atoms with van der Waals surface area (Å²) in [6.45, 7) is 4.28. The predicted octanol–water partition coefficient (Wildman–Crippen LogP) is 0.635. The SMILES string of the molecule is CCN(CC)C1(O)COC(=O)CCCCC(=O)O1.